The standard InChI is InChI=1S/C16H22N4O3S/c21-15-14-10-16(12-19(14)9-6-18-15)3-7-20(8-4-16)24(22,23)13-2-1-5-17-11-13/h1-2,5,11,14H,3-4,6-10,12H2,(H,18,21). The van der Waals surface area contributed by atoms with Crippen molar-refractivity contribution in [2.75, 3.05) is 32.7 Å². The number of rotatable bonds is 2. The molecular weight excluding hydrogens is 328 g/mol. The monoisotopic (exact) mass is 350 g/mol. The highest BCUT2D eigenvalue weighted by atomic mass is 32.2. The van der Waals surface area contributed by atoms with Gasteiger partial charge in [0.05, 0.1) is 6.04 Å². The zero-order valence-corrected chi connectivity index (χ0v) is 14.3. The van der Waals surface area contributed by atoms with Gasteiger partial charge in [-0.3, -0.25) is 14.7 Å². The van der Waals surface area contributed by atoms with Crippen LogP contribution in [-0.2, 0) is 14.8 Å². The molecule has 4 rings (SSSR count). The molecule has 3 saturated heterocycles. The number of hydrogen-bond donors (Lipinski definition) is 1. The molecule has 4 heterocycles. The lowest BCUT2D eigenvalue weighted by molar-refractivity contribution is -0.127. The van der Waals surface area contributed by atoms with E-state index >= 15 is 0 Å². The van der Waals surface area contributed by atoms with Crippen molar-refractivity contribution >= 4 is 15.9 Å². The number of nitrogens with zero attached hydrogens (tertiary/aromatic N) is 3. The highest BCUT2D eigenvalue weighted by molar-refractivity contribution is 7.89. The van der Waals surface area contributed by atoms with Crippen LogP contribution in [0.4, 0.5) is 0 Å². The molecule has 1 atom stereocenters. The number of piperazine rings is 1. The van der Waals surface area contributed by atoms with Gasteiger partial charge in [0.1, 0.15) is 4.90 Å². The maximum atomic E-state index is 12.7. The summed E-state index contributed by atoms with van der Waals surface area (Å²) in [6.07, 6.45) is 5.45. The fourth-order valence-electron chi connectivity index (χ4n) is 4.29. The fraction of sp³-hybridized carbons (Fsp3) is 0.625. The average Bonchev–Trinajstić information content (AvgIpc) is 2.95. The van der Waals surface area contributed by atoms with Gasteiger partial charge in [-0.1, -0.05) is 0 Å². The number of amides is 1. The SMILES string of the molecule is O=C1NCCN2CC3(CCN(S(=O)(=O)c4cccnc4)CC3)CC12. The summed E-state index contributed by atoms with van der Waals surface area (Å²) < 4.78 is 27.0. The molecule has 1 aromatic heterocycles. The van der Waals surface area contributed by atoms with Crippen molar-refractivity contribution < 1.29 is 13.2 Å². The van der Waals surface area contributed by atoms with Gasteiger partial charge in [0, 0.05) is 45.1 Å². The van der Waals surface area contributed by atoms with E-state index in [1.54, 1.807) is 22.6 Å². The van der Waals surface area contributed by atoms with Crippen molar-refractivity contribution in [3.8, 4) is 0 Å². The van der Waals surface area contributed by atoms with E-state index in [1.807, 2.05) is 0 Å². The Morgan fingerprint density at radius 1 is 1.25 bits per heavy atom. The zero-order chi connectivity index (χ0) is 16.8. The first kappa shape index (κ1) is 16.0. The second kappa shape index (κ2) is 5.79. The van der Waals surface area contributed by atoms with Gasteiger partial charge in [-0.15, -0.1) is 0 Å². The van der Waals surface area contributed by atoms with Gasteiger partial charge < -0.3 is 5.32 Å². The molecule has 0 aliphatic carbocycles. The highest BCUT2D eigenvalue weighted by Crippen LogP contribution is 2.44. The molecule has 1 N–H and O–H groups in total. The third-order valence-corrected chi connectivity index (χ3v) is 7.54. The lowest BCUT2D eigenvalue weighted by Gasteiger charge is -2.38. The molecule has 0 saturated carbocycles. The van der Waals surface area contributed by atoms with Gasteiger partial charge in [0.25, 0.3) is 0 Å². The van der Waals surface area contributed by atoms with Crippen molar-refractivity contribution in [1.82, 2.24) is 19.5 Å². The lowest BCUT2D eigenvalue weighted by atomic mass is 9.77. The van der Waals surface area contributed by atoms with Gasteiger partial charge in [-0.05, 0) is 36.8 Å². The van der Waals surface area contributed by atoms with E-state index in [0.717, 1.165) is 32.4 Å². The number of sulfonamides is 1. The van der Waals surface area contributed by atoms with E-state index in [-0.39, 0.29) is 22.3 Å². The Balaban J connectivity index is 1.47. The van der Waals surface area contributed by atoms with Crippen LogP contribution in [0.1, 0.15) is 19.3 Å². The Bertz CT molecular complexity index is 729. The first-order valence-electron chi connectivity index (χ1n) is 8.42. The Kier molecular flexibility index (Phi) is 3.85. The van der Waals surface area contributed by atoms with Crippen LogP contribution in [0.5, 0.6) is 0 Å². The zero-order valence-electron chi connectivity index (χ0n) is 13.5. The summed E-state index contributed by atoms with van der Waals surface area (Å²) in [4.78, 5) is 18.5. The second-order valence-electron chi connectivity index (χ2n) is 7.07. The lowest BCUT2D eigenvalue weighted by Crippen LogP contribution is -2.52. The van der Waals surface area contributed by atoms with Crippen LogP contribution in [0, 0.1) is 5.41 Å². The van der Waals surface area contributed by atoms with Gasteiger partial charge >= 0.3 is 0 Å². The molecule has 0 aromatic carbocycles. The maximum absolute atomic E-state index is 12.7. The normalized spacial score (nSPS) is 27.8. The minimum atomic E-state index is -3.47. The molecule has 1 aromatic rings. The Morgan fingerprint density at radius 3 is 2.71 bits per heavy atom. The number of fused-ring (bicyclic) bond motifs is 1. The minimum absolute atomic E-state index is 0.0276. The fourth-order valence-corrected chi connectivity index (χ4v) is 5.70. The molecule has 24 heavy (non-hydrogen) atoms. The molecule has 3 aliphatic heterocycles. The topological polar surface area (TPSA) is 82.6 Å². The predicted octanol–water partition coefficient (Wildman–Crippen LogP) is 0.0566. The summed E-state index contributed by atoms with van der Waals surface area (Å²) in [5.74, 6) is 0.128. The molecule has 1 unspecified atom stereocenters. The number of carbonyl (C=O) groups excluding carboxylic acids is 1. The Labute approximate surface area is 142 Å². The Morgan fingerprint density at radius 2 is 2.04 bits per heavy atom. The quantitative estimate of drug-likeness (QED) is 0.815. The molecule has 0 bridgehead atoms. The van der Waals surface area contributed by atoms with Crippen LogP contribution in [-0.4, -0.2) is 67.3 Å². The summed E-state index contributed by atoms with van der Waals surface area (Å²) in [5, 5.41) is 2.94. The molecule has 7 nitrogen and oxygen atoms in total. The smallest absolute Gasteiger partial charge is 0.244 e. The summed E-state index contributed by atoms with van der Waals surface area (Å²) >= 11 is 0. The minimum Gasteiger partial charge on any atom is -0.353 e. The van der Waals surface area contributed by atoms with E-state index in [0.29, 0.717) is 19.6 Å². The van der Waals surface area contributed by atoms with Crippen molar-refractivity contribution in [1.29, 1.82) is 0 Å². The van der Waals surface area contributed by atoms with Crippen LogP contribution < -0.4 is 5.32 Å². The number of pyridine rings is 1. The number of piperidine rings is 1. The number of hydrogen-bond acceptors (Lipinski definition) is 5. The molecule has 3 fully saturated rings. The van der Waals surface area contributed by atoms with Gasteiger partial charge in [0.15, 0.2) is 0 Å². The molecular formula is C16H22N4O3S. The van der Waals surface area contributed by atoms with Crippen LogP contribution in [0.15, 0.2) is 29.4 Å². The predicted molar refractivity (Wildman–Crippen MR) is 87.7 cm³/mol. The summed E-state index contributed by atoms with van der Waals surface area (Å²) in [6, 6.07) is 3.21. The third-order valence-electron chi connectivity index (χ3n) is 5.66. The molecule has 1 amide bonds. The third kappa shape index (κ3) is 2.62. The van der Waals surface area contributed by atoms with E-state index in [1.165, 1.54) is 6.20 Å². The van der Waals surface area contributed by atoms with E-state index in [2.05, 4.69) is 15.2 Å². The average molecular weight is 350 g/mol. The second-order valence-corrected chi connectivity index (χ2v) is 9.01. The maximum Gasteiger partial charge on any atom is 0.244 e. The van der Waals surface area contributed by atoms with Crippen molar-refractivity contribution in [2.45, 2.75) is 30.2 Å². The van der Waals surface area contributed by atoms with Crippen LogP contribution in [0.25, 0.3) is 0 Å². The van der Waals surface area contributed by atoms with E-state index in [9.17, 15) is 13.2 Å². The van der Waals surface area contributed by atoms with Crippen LogP contribution >= 0.6 is 0 Å². The summed E-state index contributed by atoms with van der Waals surface area (Å²) in [7, 11) is -3.47. The molecule has 130 valence electrons. The Hall–Kier alpha value is -1.51. The molecule has 0 radical (unpaired) electrons. The van der Waals surface area contributed by atoms with E-state index < -0.39 is 10.0 Å². The molecule has 8 heteroatoms. The van der Waals surface area contributed by atoms with Crippen molar-refractivity contribution in [2.24, 2.45) is 5.41 Å². The molecule has 1 spiro atoms. The summed E-state index contributed by atoms with van der Waals surface area (Å²) in [5.41, 5.74) is 0.0767. The number of carbonyl (C=O) groups is 1. The first-order chi connectivity index (χ1) is 11.5. The van der Waals surface area contributed by atoms with Gasteiger partial charge in [-0.25, -0.2) is 8.42 Å². The highest BCUT2D eigenvalue weighted by Gasteiger charge is 2.49. The largest absolute Gasteiger partial charge is 0.353 e. The number of nitrogens with one attached hydrogen (secondary N) is 1. The number of aromatic nitrogens is 1. The molecule has 3 aliphatic rings. The van der Waals surface area contributed by atoms with Crippen LogP contribution in [0.2, 0.25) is 0 Å². The van der Waals surface area contributed by atoms with Crippen LogP contribution in [0.3, 0.4) is 0 Å². The summed E-state index contributed by atoms with van der Waals surface area (Å²) in [6.45, 7) is 3.55. The van der Waals surface area contributed by atoms with Gasteiger partial charge in [0.2, 0.25) is 15.9 Å². The first-order valence-corrected chi connectivity index (χ1v) is 9.86. The van der Waals surface area contributed by atoms with E-state index in [4.69, 9.17) is 0 Å². The van der Waals surface area contributed by atoms with Gasteiger partial charge in [-0.2, -0.15) is 4.31 Å². The van der Waals surface area contributed by atoms with Crippen molar-refractivity contribution in [3.05, 3.63) is 24.5 Å². The van der Waals surface area contributed by atoms with Crippen molar-refractivity contribution in [3.63, 3.8) is 0 Å².